The van der Waals surface area contributed by atoms with Crippen LogP contribution in [-0.4, -0.2) is 42.0 Å². The maximum Gasteiger partial charge on any atom is 0.313 e. The molecule has 0 spiro atoms. The average molecular weight is 307 g/mol. The summed E-state index contributed by atoms with van der Waals surface area (Å²) in [7, 11) is 0. The molecule has 1 fully saturated rings. The summed E-state index contributed by atoms with van der Waals surface area (Å²) in [5.74, 6) is -0.575. The van der Waals surface area contributed by atoms with Crippen molar-refractivity contribution in [2.24, 2.45) is 5.41 Å². The Bertz CT molecular complexity index is 591. The van der Waals surface area contributed by atoms with Gasteiger partial charge in [-0.3, -0.25) is 9.59 Å². The monoisotopic (exact) mass is 307 g/mol. The van der Waals surface area contributed by atoms with Gasteiger partial charge in [0, 0.05) is 10.6 Å². The van der Waals surface area contributed by atoms with E-state index in [9.17, 15) is 14.7 Å². The van der Waals surface area contributed by atoms with E-state index >= 15 is 0 Å². The van der Waals surface area contributed by atoms with Crippen molar-refractivity contribution in [3.8, 4) is 0 Å². The minimum atomic E-state index is -1.05. The zero-order valence-electron chi connectivity index (χ0n) is 11.7. The molecule has 6 heteroatoms. The van der Waals surface area contributed by atoms with E-state index < -0.39 is 17.4 Å². The Kier molecular flexibility index (Phi) is 3.67. The SMILES string of the molecule is CC1(C(=O)O)COCC1NC(=O)C1CSc2ccccc21. The molecule has 2 aliphatic rings. The summed E-state index contributed by atoms with van der Waals surface area (Å²) in [4.78, 5) is 25.0. The Labute approximate surface area is 127 Å². The highest BCUT2D eigenvalue weighted by Gasteiger charge is 2.48. The van der Waals surface area contributed by atoms with Crippen molar-refractivity contribution in [2.45, 2.75) is 23.8 Å². The molecular formula is C15H17NO4S. The maximum atomic E-state index is 12.5. The normalized spacial score (nSPS) is 30.9. The number of carboxylic acid groups (broad SMARTS) is 1. The molecule has 3 atom stereocenters. The van der Waals surface area contributed by atoms with Gasteiger partial charge in [0.1, 0.15) is 5.41 Å². The largest absolute Gasteiger partial charge is 0.481 e. The Morgan fingerprint density at radius 2 is 2.19 bits per heavy atom. The average Bonchev–Trinajstić information content (AvgIpc) is 3.04. The van der Waals surface area contributed by atoms with Gasteiger partial charge in [-0.1, -0.05) is 18.2 Å². The van der Waals surface area contributed by atoms with Gasteiger partial charge in [-0.2, -0.15) is 0 Å². The van der Waals surface area contributed by atoms with Crippen LogP contribution in [0.4, 0.5) is 0 Å². The molecule has 1 amide bonds. The lowest BCUT2D eigenvalue weighted by molar-refractivity contribution is -0.149. The molecule has 0 aromatic heterocycles. The number of thioether (sulfide) groups is 1. The second-order valence-electron chi connectivity index (χ2n) is 5.70. The maximum absolute atomic E-state index is 12.5. The first-order valence-corrected chi connectivity index (χ1v) is 7.84. The van der Waals surface area contributed by atoms with E-state index in [1.165, 1.54) is 0 Å². The van der Waals surface area contributed by atoms with E-state index in [4.69, 9.17) is 4.74 Å². The number of benzene rings is 1. The third kappa shape index (κ3) is 2.42. The second kappa shape index (κ2) is 5.35. The van der Waals surface area contributed by atoms with E-state index in [-0.39, 0.29) is 25.0 Å². The van der Waals surface area contributed by atoms with Crippen molar-refractivity contribution in [3.63, 3.8) is 0 Å². The predicted octanol–water partition coefficient (Wildman–Crippen LogP) is 1.48. The number of nitrogens with one attached hydrogen (secondary N) is 1. The second-order valence-corrected chi connectivity index (χ2v) is 6.76. The van der Waals surface area contributed by atoms with Crippen LogP contribution >= 0.6 is 11.8 Å². The Morgan fingerprint density at radius 1 is 1.43 bits per heavy atom. The standard InChI is InChI=1S/C15H17NO4S/c1-15(14(18)19)8-20-6-12(15)16-13(17)10-7-21-11-5-3-2-4-9(10)11/h2-5,10,12H,6-8H2,1H3,(H,16,17)(H,18,19). The van der Waals surface area contributed by atoms with E-state index in [0.717, 1.165) is 10.5 Å². The molecule has 2 aliphatic heterocycles. The summed E-state index contributed by atoms with van der Waals surface area (Å²) in [6.45, 7) is 1.99. The Balaban J connectivity index is 1.75. The number of hydrogen-bond donors (Lipinski definition) is 2. The molecule has 1 aromatic rings. The number of carbonyl (C=O) groups excluding carboxylic acids is 1. The minimum Gasteiger partial charge on any atom is -0.481 e. The first-order valence-electron chi connectivity index (χ1n) is 6.85. The molecule has 0 radical (unpaired) electrons. The van der Waals surface area contributed by atoms with Crippen LogP contribution in [0.15, 0.2) is 29.2 Å². The Hall–Kier alpha value is -1.53. The summed E-state index contributed by atoms with van der Waals surface area (Å²) in [5, 5.41) is 12.2. The summed E-state index contributed by atoms with van der Waals surface area (Å²) >= 11 is 1.66. The van der Waals surface area contributed by atoms with Crippen LogP contribution in [0.3, 0.4) is 0 Å². The molecule has 3 rings (SSSR count). The molecule has 0 saturated carbocycles. The fourth-order valence-corrected chi connectivity index (χ4v) is 3.97. The summed E-state index contributed by atoms with van der Waals surface area (Å²) in [6, 6.07) is 7.36. The van der Waals surface area contributed by atoms with Crippen molar-refractivity contribution in [1.29, 1.82) is 0 Å². The molecule has 5 nitrogen and oxygen atoms in total. The predicted molar refractivity (Wildman–Crippen MR) is 78.4 cm³/mol. The van der Waals surface area contributed by atoms with Crippen LogP contribution in [-0.2, 0) is 14.3 Å². The number of carboxylic acids is 1. The number of hydrogen-bond acceptors (Lipinski definition) is 4. The van der Waals surface area contributed by atoms with Gasteiger partial charge in [-0.25, -0.2) is 0 Å². The third-order valence-corrected chi connectivity index (χ3v) is 5.46. The zero-order chi connectivity index (χ0) is 15.0. The van der Waals surface area contributed by atoms with E-state index in [1.807, 2.05) is 24.3 Å². The van der Waals surface area contributed by atoms with Crippen molar-refractivity contribution < 1.29 is 19.4 Å². The Morgan fingerprint density at radius 3 is 2.95 bits per heavy atom. The first-order chi connectivity index (χ1) is 10.0. The molecule has 21 heavy (non-hydrogen) atoms. The summed E-state index contributed by atoms with van der Waals surface area (Å²) < 4.78 is 5.27. The van der Waals surface area contributed by atoms with Gasteiger partial charge in [0.2, 0.25) is 5.91 Å². The highest BCUT2D eigenvalue weighted by atomic mass is 32.2. The minimum absolute atomic E-state index is 0.115. The van der Waals surface area contributed by atoms with Crippen LogP contribution in [0.1, 0.15) is 18.4 Å². The molecule has 2 heterocycles. The zero-order valence-corrected chi connectivity index (χ0v) is 12.5. The molecule has 2 N–H and O–H groups in total. The highest BCUT2D eigenvalue weighted by Crippen LogP contribution is 2.40. The number of ether oxygens (including phenoxy) is 1. The lowest BCUT2D eigenvalue weighted by Gasteiger charge is -2.26. The van der Waals surface area contributed by atoms with Crippen LogP contribution in [0.5, 0.6) is 0 Å². The van der Waals surface area contributed by atoms with Gasteiger partial charge in [0.15, 0.2) is 0 Å². The topological polar surface area (TPSA) is 75.6 Å². The number of aliphatic carboxylic acids is 1. The summed E-state index contributed by atoms with van der Waals surface area (Å²) in [5.41, 5.74) is -0.0306. The van der Waals surface area contributed by atoms with Crippen molar-refractivity contribution >= 4 is 23.6 Å². The van der Waals surface area contributed by atoms with Gasteiger partial charge in [-0.15, -0.1) is 11.8 Å². The highest BCUT2D eigenvalue weighted by molar-refractivity contribution is 7.99. The first kappa shape index (κ1) is 14.4. The van der Waals surface area contributed by atoms with Crippen molar-refractivity contribution in [3.05, 3.63) is 29.8 Å². The molecule has 3 unspecified atom stereocenters. The smallest absolute Gasteiger partial charge is 0.313 e. The van der Waals surface area contributed by atoms with Gasteiger partial charge in [0.05, 0.1) is 25.2 Å². The van der Waals surface area contributed by atoms with Crippen LogP contribution in [0, 0.1) is 5.41 Å². The summed E-state index contributed by atoms with van der Waals surface area (Å²) in [6.07, 6.45) is 0. The van der Waals surface area contributed by atoms with Gasteiger partial charge >= 0.3 is 5.97 Å². The third-order valence-electron chi connectivity index (χ3n) is 4.28. The van der Waals surface area contributed by atoms with Crippen LogP contribution in [0.2, 0.25) is 0 Å². The molecule has 1 aromatic carbocycles. The lowest BCUT2D eigenvalue weighted by atomic mass is 9.85. The number of rotatable bonds is 3. The fourth-order valence-electron chi connectivity index (χ4n) is 2.74. The fraction of sp³-hybridized carbons (Fsp3) is 0.467. The van der Waals surface area contributed by atoms with E-state index in [0.29, 0.717) is 5.75 Å². The van der Waals surface area contributed by atoms with Crippen molar-refractivity contribution in [1.82, 2.24) is 5.32 Å². The molecule has 112 valence electrons. The van der Waals surface area contributed by atoms with Crippen molar-refractivity contribution in [2.75, 3.05) is 19.0 Å². The number of amides is 1. The molecule has 1 saturated heterocycles. The van der Waals surface area contributed by atoms with E-state index in [1.54, 1.807) is 18.7 Å². The number of carbonyl (C=O) groups is 2. The van der Waals surface area contributed by atoms with Gasteiger partial charge < -0.3 is 15.2 Å². The lowest BCUT2D eigenvalue weighted by Crippen LogP contribution is -2.50. The molecular weight excluding hydrogens is 290 g/mol. The number of fused-ring (bicyclic) bond motifs is 1. The quantitative estimate of drug-likeness (QED) is 0.884. The molecule has 0 bridgehead atoms. The van der Waals surface area contributed by atoms with Crippen LogP contribution < -0.4 is 5.32 Å². The van der Waals surface area contributed by atoms with Gasteiger partial charge in [0.25, 0.3) is 0 Å². The van der Waals surface area contributed by atoms with E-state index in [2.05, 4.69) is 5.32 Å². The van der Waals surface area contributed by atoms with Gasteiger partial charge in [-0.05, 0) is 18.6 Å². The molecule has 0 aliphatic carbocycles. The van der Waals surface area contributed by atoms with Crippen LogP contribution in [0.25, 0.3) is 0 Å².